The number of amides is 2. The van der Waals surface area contributed by atoms with Crippen LogP contribution in [0.5, 0.6) is 0 Å². The maximum atomic E-state index is 12.8. The van der Waals surface area contributed by atoms with E-state index in [-0.39, 0.29) is 17.7 Å². The molecule has 0 spiro atoms. The molecule has 182 valence electrons. The highest BCUT2D eigenvalue weighted by atomic mass is 35.5. The number of nitrogens with zero attached hydrogens (tertiary/aromatic N) is 1. The molecule has 2 saturated carbocycles. The maximum Gasteiger partial charge on any atom is 0.255 e. The summed E-state index contributed by atoms with van der Waals surface area (Å²) in [7, 11) is 0. The molecule has 6 nitrogen and oxygen atoms in total. The first-order valence-corrected chi connectivity index (χ1v) is 12.9. The summed E-state index contributed by atoms with van der Waals surface area (Å²) in [5.74, 6) is 1.98. The first-order chi connectivity index (χ1) is 17.4. The Kier molecular flexibility index (Phi) is 5.94. The Bertz CT molecular complexity index is 1460. The lowest BCUT2D eigenvalue weighted by Crippen LogP contribution is -2.27. The van der Waals surface area contributed by atoms with Crippen LogP contribution >= 0.6 is 23.2 Å². The quantitative estimate of drug-likeness (QED) is 0.261. The van der Waals surface area contributed by atoms with E-state index < -0.39 is 0 Å². The molecule has 0 aliphatic heterocycles. The summed E-state index contributed by atoms with van der Waals surface area (Å²) in [6.07, 6.45) is 4.69. The van der Waals surface area contributed by atoms with Gasteiger partial charge in [-0.3, -0.25) is 9.59 Å². The molecule has 6 rings (SSSR count). The smallest absolute Gasteiger partial charge is 0.255 e. The first-order valence-electron chi connectivity index (χ1n) is 12.1. The van der Waals surface area contributed by atoms with Crippen molar-refractivity contribution >= 4 is 57.4 Å². The second-order valence-corrected chi connectivity index (χ2v) is 10.7. The van der Waals surface area contributed by atoms with Gasteiger partial charge in [-0.15, -0.1) is 0 Å². The van der Waals surface area contributed by atoms with Crippen molar-refractivity contribution in [3.8, 4) is 11.4 Å². The number of halogens is 2. The van der Waals surface area contributed by atoms with Crippen LogP contribution in [0, 0.1) is 17.8 Å². The number of nitrogens with one attached hydrogen (secondary N) is 3. The molecule has 3 aromatic carbocycles. The van der Waals surface area contributed by atoms with Gasteiger partial charge in [-0.25, -0.2) is 4.98 Å². The van der Waals surface area contributed by atoms with Crippen molar-refractivity contribution in [2.75, 3.05) is 10.6 Å². The lowest BCUT2D eigenvalue weighted by atomic mass is 9.88. The molecule has 1 aromatic heterocycles. The number of hydrogen-bond acceptors (Lipinski definition) is 3. The minimum absolute atomic E-state index is 0.138. The van der Waals surface area contributed by atoms with Gasteiger partial charge in [-0.1, -0.05) is 29.6 Å². The number of H-pyrrole nitrogens is 1. The summed E-state index contributed by atoms with van der Waals surface area (Å²) in [5.41, 5.74) is 4.36. The molecule has 8 heteroatoms. The van der Waals surface area contributed by atoms with Crippen LogP contribution in [0.2, 0.25) is 10.0 Å². The van der Waals surface area contributed by atoms with Crippen LogP contribution in [0.15, 0.2) is 60.7 Å². The van der Waals surface area contributed by atoms with E-state index in [1.807, 2.05) is 42.5 Å². The Balaban J connectivity index is 1.15. The molecule has 2 amide bonds. The van der Waals surface area contributed by atoms with Crippen molar-refractivity contribution in [2.45, 2.75) is 25.7 Å². The van der Waals surface area contributed by atoms with Crippen molar-refractivity contribution in [2.24, 2.45) is 17.8 Å². The molecule has 2 bridgehead atoms. The van der Waals surface area contributed by atoms with E-state index in [2.05, 4.69) is 20.6 Å². The monoisotopic (exact) mass is 518 g/mol. The lowest BCUT2D eigenvalue weighted by Gasteiger charge is -2.20. The van der Waals surface area contributed by atoms with Gasteiger partial charge in [0.15, 0.2) is 0 Å². The van der Waals surface area contributed by atoms with Crippen LogP contribution in [0.25, 0.3) is 22.4 Å². The SMILES string of the molecule is O=C(Nc1ccc(-c2nc3ccc(NC(=O)C4CC5CCC4C5)cc3[nH]2)cc1)c1cc(Cl)cc(Cl)c1. The van der Waals surface area contributed by atoms with Gasteiger partial charge in [0, 0.05) is 38.5 Å². The van der Waals surface area contributed by atoms with Gasteiger partial charge in [0.25, 0.3) is 5.91 Å². The van der Waals surface area contributed by atoms with Crippen LogP contribution in [0.1, 0.15) is 36.0 Å². The maximum absolute atomic E-state index is 12.8. The highest BCUT2D eigenvalue weighted by Gasteiger charge is 2.43. The zero-order valence-electron chi connectivity index (χ0n) is 19.4. The van der Waals surface area contributed by atoms with Crippen LogP contribution in [0.4, 0.5) is 11.4 Å². The van der Waals surface area contributed by atoms with Gasteiger partial charge in [-0.05, 0) is 91.8 Å². The number of aromatic nitrogens is 2. The fraction of sp³-hybridized carbons (Fsp3) is 0.250. The molecule has 1 heterocycles. The Hall–Kier alpha value is -3.35. The molecule has 0 saturated heterocycles. The topological polar surface area (TPSA) is 86.9 Å². The molecular weight excluding hydrogens is 495 g/mol. The van der Waals surface area contributed by atoms with E-state index in [0.29, 0.717) is 33.0 Å². The zero-order chi connectivity index (χ0) is 24.8. The number of hydrogen-bond donors (Lipinski definition) is 3. The van der Waals surface area contributed by atoms with Crippen molar-refractivity contribution in [3.05, 3.63) is 76.3 Å². The summed E-state index contributed by atoms with van der Waals surface area (Å²) in [6.45, 7) is 0. The van der Waals surface area contributed by atoms with E-state index in [1.54, 1.807) is 18.2 Å². The third-order valence-corrected chi connectivity index (χ3v) is 7.80. The molecule has 3 atom stereocenters. The number of benzene rings is 3. The van der Waals surface area contributed by atoms with Crippen molar-refractivity contribution < 1.29 is 9.59 Å². The number of carbonyl (C=O) groups is 2. The van der Waals surface area contributed by atoms with Gasteiger partial charge < -0.3 is 15.6 Å². The molecule has 0 radical (unpaired) electrons. The second kappa shape index (κ2) is 9.26. The predicted molar refractivity (Wildman–Crippen MR) is 144 cm³/mol. The van der Waals surface area contributed by atoms with Crippen LogP contribution < -0.4 is 10.6 Å². The van der Waals surface area contributed by atoms with Gasteiger partial charge in [-0.2, -0.15) is 0 Å². The van der Waals surface area contributed by atoms with Crippen LogP contribution in [-0.4, -0.2) is 21.8 Å². The third kappa shape index (κ3) is 4.59. The average molecular weight is 519 g/mol. The second-order valence-electron chi connectivity index (χ2n) is 9.78. The van der Waals surface area contributed by atoms with E-state index in [0.717, 1.165) is 34.6 Å². The Morgan fingerprint density at radius 1 is 0.861 bits per heavy atom. The normalized spacial score (nSPS) is 20.6. The summed E-state index contributed by atoms with van der Waals surface area (Å²) >= 11 is 12.0. The first kappa shape index (κ1) is 23.1. The van der Waals surface area contributed by atoms with Gasteiger partial charge in [0.05, 0.1) is 11.0 Å². The minimum atomic E-state index is -0.295. The average Bonchev–Trinajstić information content (AvgIpc) is 3.59. The summed E-state index contributed by atoms with van der Waals surface area (Å²) in [5, 5.41) is 6.77. The molecule has 2 fully saturated rings. The van der Waals surface area contributed by atoms with Crippen molar-refractivity contribution in [1.82, 2.24) is 9.97 Å². The van der Waals surface area contributed by atoms with E-state index in [1.165, 1.54) is 19.3 Å². The zero-order valence-corrected chi connectivity index (χ0v) is 20.9. The van der Waals surface area contributed by atoms with E-state index in [9.17, 15) is 9.59 Å². The number of anilines is 2. The lowest BCUT2D eigenvalue weighted by molar-refractivity contribution is -0.121. The molecule has 3 N–H and O–H groups in total. The predicted octanol–water partition coefficient (Wildman–Crippen LogP) is 7.16. The third-order valence-electron chi connectivity index (χ3n) is 7.37. The highest BCUT2D eigenvalue weighted by molar-refractivity contribution is 6.35. The van der Waals surface area contributed by atoms with Gasteiger partial charge in [0.1, 0.15) is 5.82 Å². The molecule has 36 heavy (non-hydrogen) atoms. The van der Waals surface area contributed by atoms with Crippen molar-refractivity contribution in [3.63, 3.8) is 0 Å². The fourth-order valence-corrected chi connectivity index (χ4v) is 6.15. The molecule has 2 aliphatic carbocycles. The van der Waals surface area contributed by atoms with Gasteiger partial charge >= 0.3 is 0 Å². The van der Waals surface area contributed by atoms with Crippen LogP contribution in [-0.2, 0) is 4.79 Å². The van der Waals surface area contributed by atoms with Crippen molar-refractivity contribution in [1.29, 1.82) is 0 Å². The minimum Gasteiger partial charge on any atom is -0.338 e. The molecular formula is C28H24Cl2N4O2. The largest absolute Gasteiger partial charge is 0.338 e. The Morgan fingerprint density at radius 3 is 2.31 bits per heavy atom. The number of rotatable bonds is 5. The number of aromatic amines is 1. The summed E-state index contributed by atoms with van der Waals surface area (Å²) in [6, 6.07) is 17.9. The molecule has 4 aromatic rings. The standard InChI is InChI=1S/C28H24Cl2N4O2/c29-19-11-18(12-20(30)13-19)27(35)31-21-5-3-16(4-6-21)26-33-24-8-7-22(14-25(24)34-26)32-28(36)23-10-15-1-2-17(23)9-15/h3-8,11-15,17,23H,1-2,9-10H2,(H,31,35)(H,32,36)(H,33,34). The Labute approximate surface area is 218 Å². The summed E-state index contributed by atoms with van der Waals surface area (Å²) in [4.78, 5) is 33.4. The Morgan fingerprint density at radius 2 is 1.61 bits per heavy atom. The fourth-order valence-electron chi connectivity index (χ4n) is 5.62. The van der Waals surface area contributed by atoms with E-state index in [4.69, 9.17) is 23.2 Å². The number of carbonyl (C=O) groups excluding carboxylic acids is 2. The van der Waals surface area contributed by atoms with Gasteiger partial charge in [0.2, 0.25) is 5.91 Å². The van der Waals surface area contributed by atoms with Crippen LogP contribution in [0.3, 0.4) is 0 Å². The number of fused-ring (bicyclic) bond motifs is 3. The van der Waals surface area contributed by atoms with E-state index >= 15 is 0 Å². The summed E-state index contributed by atoms with van der Waals surface area (Å²) < 4.78 is 0. The molecule has 3 unspecified atom stereocenters. The highest BCUT2D eigenvalue weighted by Crippen LogP contribution is 2.48. The number of imidazole rings is 1. The molecule has 2 aliphatic rings.